The lowest BCUT2D eigenvalue weighted by atomic mass is 9.72. The molecule has 0 spiro atoms. The lowest BCUT2D eigenvalue weighted by molar-refractivity contribution is -0.122. The van der Waals surface area contributed by atoms with E-state index in [2.05, 4.69) is 47.9 Å². The Morgan fingerprint density at radius 2 is 1.65 bits per heavy atom. The molecule has 4 aromatic rings. The van der Waals surface area contributed by atoms with Crippen molar-refractivity contribution >= 4 is 5.78 Å². The summed E-state index contributed by atoms with van der Waals surface area (Å²) in [4.78, 5) is 41.5. The summed E-state index contributed by atoms with van der Waals surface area (Å²) < 4.78 is 16.6. The molecule has 1 aromatic carbocycles. The van der Waals surface area contributed by atoms with Crippen LogP contribution in [0, 0.1) is 17.8 Å². The zero-order chi connectivity index (χ0) is 33.5. The monoisotopic (exact) mass is 650 g/mol. The van der Waals surface area contributed by atoms with Crippen molar-refractivity contribution in [3.8, 4) is 23.1 Å². The molecule has 1 atom stereocenters. The van der Waals surface area contributed by atoms with Crippen molar-refractivity contribution in [2.45, 2.75) is 77.0 Å². The fraction of sp³-hybridized carbons (Fsp3) is 0.500. The fourth-order valence-electron chi connectivity index (χ4n) is 6.62. The summed E-state index contributed by atoms with van der Waals surface area (Å²) in [7, 11) is 1.53. The summed E-state index contributed by atoms with van der Waals surface area (Å²) in [6, 6.07) is 10.5. The van der Waals surface area contributed by atoms with Gasteiger partial charge in [-0.15, -0.1) is 0 Å². The van der Waals surface area contributed by atoms with E-state index in [4.69, 9.17) is 29.2 Å². The van der Waals surface area contributed by atoms with Crippen LogP contribution in [-0.2, 0) is 27.8 Å². The number of methoxy groups -OCH3 is 1. The smallest absolute Gasteiger partial charge is 0.316 e. The summed E-state index contributed by atoms with van der Waals surface area (Å²) in [6.45, 7) is 8.59. The predicted molar refractivity (Wildman–Crippen MR) is 182 cm³/mol. The first-order valence-corrected chi connectivity index (χ1v) is 17.1. The van der Waals surface area contributed by atoms with E-state index in [0.717, 1.165) is 73.5 Å². The molecule has 0 amide bonds. The number of carbonyl (C=O) groups is 1. The second kappa shape index (κ2) is 15.3. The summed E-state index contributed by atoms with van der Waals surface area (Å²) in [5.74, 6) is 2.50. The van der Waals surface area contributed by atoms with Crippen LogP contribution in [0.5, 0.6) is 11.9 Å². The fourth-order valence-corrected chi connectivity index (χ4v) is 6.62. The molecule has 2 fully saturated rings. The summed E-state index contributed by atoms with van der Waals surface area (Å²) >= 11 is 0. The molecule has 1 saturated carbocycles. The minimum atomic E-state index is -0.305. The second-order valence-corrected chi connectivity index (χ2v) is 14.2. The molecule has 1 unspecified atom stereocenters. The van der Waals surface area contributed by atoms with Crippen LogP contribution in [0.2, 0.25) is 0 Å². The van der Waals surface area contributed by atoms with Gasteiger partial charge in [0, 0.05) is 54.7 Å². The van der Waals surface area contributed by atoms with E-state index in [-0.39, 0.29) is 23.0 Å². The quantitative estimate of drug-likeness (QED) is 0.161. The van der Waals surface area contributed by atoms with Gasteiger partial charge in [0.15, 0.2) is 0 Å². The van der Waals surface area contributed by atoms with E-state index in [1.165, 1.54) is 7.11 Å². The Bertz CT molecular complexity index is 1630. The van der Waals surface area contributed by atoms with Crippen molar-refractivity contribution in [2.75, 3.05) is 26.9 Å². The maximum Gasteiger partial charge on any atom is 0.316 e. The number of aryl methyl sites for hydroxylation is 1. The Balaban J connectivity index is 1.14. The third-order valence-electron chi connectivity index (χ3n) is 9.56. The van der Waals surface area contributed by atoms with Gasteiger partial charge in [0.2, 0.25) is 5.88 Å². The lowest BCUT2D eigenvalue weighted by Gasteiger charge is -2.33. The zero-order valence-electron chi connectivity index (χ0n) is 28.5. The number of nitrogens with zero attached hydrogens (tertiary/aromatic N) is 6. The van der Waals surface area contributed by atoms with Crippen molar-refractivity contribution in [1.82, 2.24) is 29.9 Å². The Labute approximate surface area is 283 Å². The molecule has 2 aliphatic rings. The van der Waals surface area contributed by atoms with Crippen LogP contribution in [0.4, 0.5) is 0 Å². The van der Waals surface area contributed by atoms with Gasteiger partial charge in [0.1, 0.15) is 11.6 Å². The summed E-state index contributed by atoms with van der Waals surface area (Å²) in [6.07, 6.45) is 14.6. The number of hydrogen-bond donors (Lipinski definition) is 0. The maximum atomic E-state index is 14.0. The molecule has 4 heterocycles. The Kier molecular flexibility index (Phi) is 10.7. The van der Waals surface area contributed by atoms with Crippen molar-refractivity contribution in [3.63, 3.8) is 0 Å². The summed E-state index contributed by atoms with van der Waals surface area (Å²) in [5.41, 5.74) is 4.20. The Hall–Kier alpha value is -4.31. The normalized spacial score (nSPS) is 18.9. The molecule has 0 radical (unpaired) electrons. The van der Waals surface area contributed by atoms with Crippen molar-refractivity contribution in [1.29, 1.82) is 0 Å². The molecule has 10 nitrogen and oxygen atoms in total. The highest BCUT2D eigenvalue weighted by Gasteiger charge is 2.35. The predicted octanol–water partition coefficient (Wildman–Crippen LogP) is 6.39. The van der Waals surface area contributed by atoms with E-state index >= 15 is 0 Å². The molecule has 3 aromatic heterocycles. The van der Waals surface area contributed by atoms with E-state index < -0.39 is 0 Å². The van der Waals surface area contributed by atoms with E-state index in [0.29, 0.717) is 48.9 Å². The number of ketones is 1. The van der Waals surface area contributed by atoms with Gasteiger partial charge >= 0.3 is 6.01 Å². The van der Waals surface area contributed by atoms with Crippen molar-refractivity contribution in [3.05, 3.63) is 84.0 Å². The average molecular weight is 651 g/mol. The third-order valence-corrected chi connectivity index (χ3v) is 9.56. The Morgan fingerprint density at radius 3 is 2.27 bits per heavy atom. The SMILES string of the molecule is COc1ncc(-c2cnc(C(C(=O)CCc3ccccc3)C3CCC(Cc4ncc(C(C)(C)C)c(OCC5COC5)n4)CC3)cn2)cn1. The highest BCUT2D eigenvalue weighted by molar-refractivity contribution is 5.85. The molecule has 1 aliphatic carbocycles. The zero-order valence-corrected chi connectivity index (χ0v) is 28.5. The summed E-state index contributed by atoms with van der Waals surface area (Å²) in [5, 5.41) is 0. The van der Waals surface area contributed by atoms with Crippen molar-refractivity contribution < 1.29 is 19.0 Å². The molecule has 1 aliphatic heterocycles. The lowest BCUT2D eigenvalue weighted by Crippen LogP contribution is -2.33. The van der Waals surface area contributed by atoms with Crippen LogP contribution < -0.4 is 9.47 Å². The highest BCUT2D eigenvalue weighted by atomic mass is 16.5. The van der Waals surface area contributed by atoms with Crippen LogP contribution in [0.1, 0.15) is 81.4 Å². The van der Waals surface area contributed by atoms with Crippen LogP contribution >= 0.6 is 0 Å². The number of Topliss-reactive ketones (excluding diaryl/α,β-unsaturated/α-hetero) is 1. The van der Waals surface area contributed by atoms with Gasteiger partial charge in [-0.3, -0.25) is 14.8 Å². The van der Waals surface area contributed by atoms with E-state index in [1.807, 2.05) is 24.4 Å². The molecular formula is C38H46N6O4. The van der Waals surface area contributed by atoms with Crippen molar-refractivity contribution in [2.24, 2.45) is 17.8 Å². The molecule has 0 bridgehead atoms. The average Bonchev–Trinajstić information content (AvgIpc) is 3.08. The van der Waals surface area contributed by atoms with E-state index in [1.54, 1.807) is 24.8 Å². The minimum absolute atomic E-state index is 0.117. The van der Waals surface area contributed by atoms with Gasteiger partial charge in [-0.25, -0.2) is 15.0 Å². The highest BCUT2D eigenvalue weighted by Crippen LogP contribution is 2.40. The maximum absolute atomic E-state index is 14.0. The van der Waals surface area contributed by atoms with Gasteiger partial charge in [0.05, 0.1) is 50.4 Å². The molecule has 48 heavy (non-hydrogen) atoms. The van der Waals surface area contributed by atoms with E-state index in [9.17, 15) is 4.79 Å². The molecule has 10 heteroatoms. The molecular weight excluding hydrogens is 604 g/mol. The van der Waals surface area contributed by atoms with Gasteiger partial charge in [0.25, 0.3) is 0 Å². The van der Waals surface area contributed by atoms with Gasteiger partial charge in [-0.05, 0) is 54.9 Å². The first-order chi connectivity index (χ1) is 23.3. The number of rotatable bonds is 13. The standard InChI is InChI=1S/C38H46N6O4/c1-38(2,3)30-19-41-34(44-36(30)48-24-27-22-47-23-27)16-26-10-13-28(14-11-26)35(33(45)15-12-25-8-6-5-7-9-25)32-21-39-31(20-40-32)29-17-42-37(46-4)43-18-29/h5-9,17-21,26-28,35H,10-16,22-24H2,1-4H3. The van der Waals surface area contributed by atoms with Crippen LogP contribution in [0.25, 0.3) is 11.3 Å². The van der Waals surface area contributed by atoms with Crippen LogP contribution in [-0.4, -0.2) is 62.6 Å². The minimum Gasteiger partial charge on any atom is -0.477 e. The topological polar surface area (TPSA) is 122 Å². The van der Waals surface area contributed by atoms with Gasteiger partial charge < -0.3 is 14.2 Å². The Morgan fingerprint density at radius 1 is 0.896 bits per heavy atom. The number of aromatic nitrogens is 6. The molecule has 1 saturated heterocycles. The molecule has 6 rings (SSSR count). The first kappa shape index (κ1) is 33.6. The van der Waals surface area contributed by atoms with Gasteiger partial charge in [-0.1, -0.05) is 51.1 Å². The number of carbonyl (C=O) groups excluding carboxylic acids is 1. The first-order valence-electron chi connectivity index (χ1n) is 17.1. The number of hydrogen-bond acceptors (Lipinski definition) is 10. The second-order valence-electron chi connectivity index (χ2n) is 14.2. The van der Waals surface area contributed by atoms with Gasteiger partial charge in [-0.2, -0.15) is 4.98 Å². The number of benzene rings is 1. The third kappa shape index (κ3) is 8.39. The number of ether oxygens (including phenoxy) is 3. The largest absolute Gasteiger partial charge is 0.477 e. The molecule has 252 valence electrons. The molecule has 0 N–H and O–H groups in total. The van der Waals surface area contributed by atoms with Crippen LogP contribution in [0.3, 0.4) is 0 Å². The van der Waals surface area contributed by atoms with Crippen LogP contribution in [0.15, 0.2) is 61.3 Å².